The van der Waals surface area contributed by atoms with E-state index in [2.05, 4.69) is 11.8 Å². The van der Waals surface area contributed by atoms with Crippen LogP contribution in [0.15, 0.2) is 96.3 Å². The van der Waals surface area contributed by atoms with Gasteiger partial charge >= 0.3 is 11.9 Å². The van der Waals surface area contributed by atoms with Crippen molar-refractivity contribution in [3.8, 4) is 17.6 Å². The Morgan fingerprint density at radius 1 is 0.776 bits per heavy atom. The van der Waals surface area contributed by atoms with Crippen LogP contribution in [0.4, 0.5) is 0 Å². The van der Waals surface area contributed by atoms with Gasteiger partial charge in [0.25, 0.3) is 5.79 Å². The minimum atomic E-state index is -2.10. The number of fused-ring (bicyclic) bond motifs is 1. The van der Waals surface area contributed by atoms with Crippen molar-refractivity contribution in [2.75, 3.05) is 48.3 Å². The molecular formula is C51H58O16. The molecule has 0 aromatic heterocycles. The lowest BCUT2D eigenvalue weighted by Crippen LogP contribution is -2.69. The molecule has 2 aliphatic carbocycles. The fraction of sp³-hybridized carbons (Fsp3) is 0.529. The largest absolute Gasteiger partial charge is 0.497 e. The van der Waals surface area contributed by atoms with Crippen LogP contribution in [0, 0.1) is 34.5 Å². The highest BCUT2D eigenvalue weighted by molar-refractivity contribution is 5.82. The van der Waals surface area contributed by atoms with Gasteiger partial charge in [-0.15, -0.1) is 0 Å². The van der Waals surface area contributed by atoms with E-state index in [1.165, 1.54) is 14.2 Å². The van der Waals surface area contributed by atoms with Crippen molar-refractivity contribution < 1.29 is 76.6 Å². The Bertz CT molecular complexity index is 2330. The third kappa shape index (κ3) is 8.02. The molecule has 3 aromatic rings. The first-order valence-electron chi connectivity index (χ1n) is 22.5. The van der Waals surface area contributed by atoms with E-state index >= 15 is 0 Å². The van der Waals surface area contributed by atoms with Crippen LogP contribution in [-0.4, -0.2) is 125 Å². The van der Waals surface area contributed by atoms with Crippen molar-refractivity contribution in [1.82, 2.24) is 0 Å². The molecule has 358 valence electrons. The van der Waals surface area contributed by atoms with E-state index in [0.29, 0.717) is 18.4 Å². The quantitative estimate of drug-likeness (QED) is 0.162. The number of rotatable bonds is 15. The van der Waals surface area contributed by atoms with E-state index in [9.17, 15) is 19.8 Å². The average molecular weight is 927 g/mol. The maximum atomic E-state index is 14.2. The molecule has 0 radical (unpaired) electrons. The maximum absolute atomic E-state index is 14.2. The van der Waals surface area contributed by atoms with E-state index < -0.39 is 89.1 Å². The Balaban J connectivity index is 1.03. The Labute approximate surface area is 389 Å². The smallest absolute Gasteiger partial charge is 0.367 e. The average Bonchev–Trinajstić information content (AvgIpc) is 4.06. The van der Waals surface area contributed by atoms with Crippen LogP contribution < -0.4 is 4.74 Å². The van der Waals surface area contributed by atoms with Crippen molar-refractivity contribution in [3.05, 3.63) is 113 Å². The van der Waals surface area contributed by atoms with Gasteiger partial charge in [0, 0.05) is 37.7 Å². The van der Waals surface area contributed by atoms with E-state index in [4.69, 9.17) is 56.8 Å². The Morgan fingerprint density at radius 2 is 1.45 bits per heavy atom. The lowest BCUT2D eigenvalue weighted by Gasteiger charge is -2.58. The van der Waals surface area contributed by atoms with Crippen LogP contribution in [0.3, 0.4) is 0 Å². The fourth-order valence-electron chi connectivity index (χ4n) is 11.5. The van der Waals surface area contributed by atoms with Gasteiger partial charge in [-0.05, 0) is 41.3 Å². The summed E-state index contributed by atoms with van der Waals surface area (Å²) in [6.07, 6.45) is -5.97. The molecule has 0 amide bonds. The lowest BCUT2D eigenvalue weighted by atomic mass is 9.45. The number of ether oxygens (including phenoxy) is 12. The minimum absolute atomic E-state index is 0.0520. The van der Waals surface area contributed by atoms with E-state index in [-0.39, 0.29) is 51.8 Å². The lowest BCUT2D eigenvalue weighted by molar-refractivity contribution is -0.303. The van der Waals surface area contributed by atoms with E-state index in [1.54, 1.807) is 21.1 Å². The van der Waals surface area contributed by atoms with Crippen molar-refractivity contribution in [1.29, 1.82) is 0 Å². The standard InChI is InChI=1S/C51H58O16/c1-31-41(42-44-48(37(52)24-38(53)49(44,29-62-42)45(54)58-4)30-65-51(43(31)48,46(55)59-5)64-28-33-15-10-7-11-16-33)60-22-12-17-36-23-39(61-26-34-18-20-35(56-2)21-19-34)50(25-40(57-3)67-47(50)66-36)63-27-32-13-8-6-9-14-32/h6-11,13-16,18-21,36-40,42-44,47,52-53H,22-30H2,1-5H3/t36-,37+,38-,39+,40+,42+,43+,44-,47-,48-,49+,50+,51+/m1/s1. The summed E-state index contributed by atoms with van der Waals surface area (Å²) in [4.78, 5) is 28.1. The molecule has 13 atom stereocenters. The van der Waals surface area contributed by atoms with Gasteiger partial charge in [-0.25, -0.2) is 4.79 Å². The normalized spacial score (nSPS) is 36.0. The second-order valence-electron chi connectivity index (χ2n) is 18.0. The van der Waals surface area contributed by atoms with Crippen molar-refractivity contribution in [3.63, 3.8) is 0 Å². The maximum Gasteiger partial charge on any atom is 0.367 e. The van der Waals surface area contributed by atoms with Crippen LogP contribution >= 0.6 is 0 Å². The summed E-state index contributed by atoms with van der Waals surface area (Å²) in [6.45, 7) is 1.59. The molecule has 4 aliphatic heterocycles. The molecule has 0 unspecified atom stereocenters. The van der Waals surface area contributed by atoms with Gasteiger partial charge in [-0.1, -0.05) is 84.6 Å². The monoisotopic (exact) mass is 926 g/mol. The van der Waals surface area contributed by atoms with E-state index in [1.807, 2.05) is 84.9 Å². The summed E-state index contributed by atoms with van der Waals surface area (Å²) >= 11 is 0. The zero-order chi connectivity index (χ0) is 47.0. The first kappa shape index (κ1) is 47.2. The van der Waals surface area contributed by atoms with Gasteiger partial charge < -0.3 is 67.1 Å². The van der Waals surface area contributed by atoms with Crippen molar-refractivity contribution in [2.45, 2.75) is 100 Å². The fourth-order valence-corrected chi connectivity index (χ4v) is 11.5. The Kier molecular flexibility index (Phi) is 13.5. The molecule has 3 aromatic carbocycles. The third-order valence-corrected chi connectivity index (χ3v) is 14.7. The van der Waals surface area contributed by atoms with Gasteiger partial charge in [-0.3, -0.25) is 4.79 Å². The highest BCUT2D eigenvalue weighted by atomic mass is 16.8. The Hall–Kier alpha value is -4.90. The summed E-state index contributed by atoms with van der Waals surface area (Å²) in [5, 5.41) is 23.9. The van der Waals surface area contributed by atoms with Gasteiger partial charge in [0.1, 0.15) is 35.7 Å². The minimum Gasteiger partial charge on any atom is -0.497 e. The Morgan fingerprint density at radius 3 is 2.10 bits per heavy atom. The molecule has 67 heavy (non-hydrogen) atoms. The summed E-state index contributed by atoms with van der Waals surface area (Å²) in [5.74, 6) is 1.62. The molecular weight excluding hydrogens is 869 g/mol. The SMILES string of the molecule is COC(=O)[C@@]1(OCc2ccccc2)OC[C@]23[C@@H]1C(C)=C(OCC#C[C@@H]1C[C@H](OCc4ccc(OC)cc4)[C@@]4(OCc5ccccc5)C[C@@H](OC)O[C@H]4O1)[C@@H]1OC[C@](C(=O)OC)([C@H](O)C[C@@H]2O)[C@H]13. The summed E-state index contributed by atoms with van der Waals surface area (Å²) in [5.41, 5.74) is -0.969. The van der Waals surface area contributed by atoms with Crippen LogP contribution in [0.25, 0.3) is 0 Å². The van der Waals surface area contributed by atoms with Crippen LogP contribution in [0.5, 0.6) is 5.75 Å². The number of esters is 2. The first-order valence-corrected chi connectivity index (χ1v) is 22.5. The zero-order valence-electron chi connectivity index (χ0n) is 38.3. The van der Waals surface area contributed by atoms with Crippen LogP contribution in [0.2, 0.25) is 0 Å². The summed E-state index contributed by atoms with van der Waals surface area (Å²) in [6, 6.07) is 26.7. The molecule has 9 rings (SSSR count). The number of carbonyl (C=O) groups excluding carboxylic acids is 2. The predicted octanol–water partition coefficient (Wildman–Crippen LogP) is 4.37. The highest BCUT2D eigenvalue weighted by Crippen LogP contribution is 2.70. The molecule has 5 fully saturated rings. The number of methoxy groups -OCH3 is 4. The molecule has 0 bridgehead atoms. The number of hydrogen-bond acceptors (Lipinski definition) is 16. The molecule has 1 saturated carbocycles. The van der Waals surface area contributed by atoms with Crippen molar-refractivity contribution in [2.24, 2.45) is 22.7 Å². The molecule has 16 heteroatoms. The number of hydrogen-bond donors (Lipinski definition) is 2. The van der Waals surface area contributed by atoms with Crippen LogP contribution in [0.1, 0.15) is 42.9 Å². The second kappa shape index (κ2) is 19.2. The summed E-state index contributed by atoms with van der Waals surface area (Å²) in [7, 11) is 5.66. The van der Waals surface area contributed by atoms with Gasteiger partial charge in [-0.2, -0.15) is 0 Å². The van der Waals surface area contributed by atoms with Gasteiger partial charge in [0.2, 0.25) is 0 Å². The van der Waals surface area contributed by atoms with Crippen molar-refractivity contribution >= 4 is 11.9 Å². The number of benzene rings is 3. The zero-order valence-corrected chi connectivity index (χ0v) is 38.3. The highest BCUT2D eigenvalue weighted by Gasteiger charge is 2.81. The third-order valence-electron chi connectivity index (χ3n) is 14.7. The second-order valence-corrected chi connectivity index (χ2v) is 18.0. The predicted molar refractivity (Wildman–Crippen MR) is 234 cm³/mol. The van der Waals surface area contributed by atoms with Crippen LogP contribution in [-0.2, 0) is 81.5 Å². The van der Waals surface area contributed by atoms with Gasteiger partial charge in [0.05, 0.1) is 78.6 Å². The first-order chi connectivity index (χ1) is 32.5. The number of carbonyl (C=O) groups is 2. The molecule has 1 spiro atoms. The molecule has 16 nitrogen and oxygen atoms in total. The summed E-state index contributed by atoms with van der Waals surface area (Å²) < 4.78 is 74.2. The number of aliphatic hydroxyl groups excluding tert-OH is 2. The topological polar surface area (TPSA) is 185 Å². The molecule has 4 saturated heterocycles. The molecule has 6 aliphatic rings. The number of aliphatic hydroxyl groups is 2. The molecule has 2 N–H and O–H groups in total. The van der Waals surface area contributed by atoms with E-state index in [0.717, 1.165) is 22.4 Å². The van der Waals surface area contributed by atoms with Gasteiger partial charge in [0.15, 0.2) is 18.2 Å². The molecule has 4 heterocycles.